The summed E-state index contributed by atoms with van der Waals surface area (Å²) in [5.41, 5.74) is 1.18. The maximum absolute atomic E-state index is 11.8. The van der Waals surface area contributed by atoms with Crippen molar-refractivity contribution >= 4 is 5.91 Å². The van der Waals surface area contributed by atoms with Gasteiger partial charge in [0, 0.05) is 19.0 Å². The molecule has 4 nitrogen and oxygen atoms in total. The zero-order chi connectivity index (χ0) is 14.9. The molecule has 21 heavy (non-hydrogen) atoms. The van der Waals surface area contributed by atoms with Crippen molar-refractivity contribution in [2.45, 2.75) is 44.6 Å². The van der Waals surface area contributed by atoms with Crippen LogP contribution in [0.2, 0.25) is 0 Å². The minimum atomic E-state index is 0.158. The molecule has 2 N–H and O–H groups in total. The van der Waals surface area contributed by atoms with Gasteiger partial charge in [-0.25, -0.2) is 0 Å². The molecule has 2 rings (SSSR count). The Morgan fingerprint density at radius 3 is 3.10 bits per heavy atom. The van der Waals surface area contributed by atoms with E-state index in [1.165, 1.54) is 24.8 Å². The number of hydrogen-bond donors (Lipinski definition) is 2. The Labute approximate surface area is 127 Å². The molecule has 1 unspecified atom stereocenters. The van der Waals surface area contributed by atoms with Gasteiger partial charge in [-0.3, -0.25) is 4.79 Å². The molecular weight excluding hydrogens is 264 g/mol. The SMILES string of the molecule is COc1cccc(CCNC(=O)CCC2CCCCN2)c1. The van der Waals surface area contributed by atoms with E-state index in [1.54, 1.807) is 7.11 Å². The summed E-state index contributed by atoms with van der Waals surface area (Å²) in [6.07, 6.45) is 6.17. The summed E-state index contributed by atoms with van der Waals surface area (Å²) < 4.78 is 5.19. The molecule has 4 heteroatoms. The van der Waals surface area contributed by atoms with Gasteiger partial charge < -0.3 is 15.4 Å². The van der Waals surface area contributed by atoms with Gasteiger partial charge in [0.25, 0.3) is 0 Å². The predicted octanol–water partition coefficient (Wildman–Crippen LogP) is 2.28. The van der Waals surface area contributed by atoms with Gasteiger partial charge in [0.15, 0.2) is 0 Å². The topological polar surface area (TPSA) is 50.4 Å². The zero-order valence-corrected chi connectivity index (χ0v) is 12.9. The quantitative estimate of drug-likeness (QED) is 0.810. The molecule has 1 saturated heterocycles. The highest BCUT2D eigenvalue weighted by Crippen LogP contribution is 2.13. The maximum atomic E-state index is 11.8. The van der Waals surface area contributed by atoms with Crippen molar-refractivity contribution in [3.8, 4) is 5.75 Å². The smallest absolute Gasteiger partial charge is 0.220 e. The Bertz CT molecular complexity index is 442. The van der Waals surface area contributed by atoms with E-state index in [-0.39, 0.29) is 5.91 Å². The van der Waals surface area contributed by atoms with Gasteiger partial charge in [-0.2, -0.15) is 0 Å². The van der Waals surface area contributed by atoms with E-state index in [1.807, 2.05) is 18.2 Å². The van der Waals surface area contributed by atoms with Gasteiger partial charge in [0.05, 0.1) is 7.11 Å². The van der Waals surface area contributed by atoms with Crippen molar-refractivity contribution in [1.82, 2.24) is 10.6 Å². The average Bonchev–Trinajstić information content (AvgIpc) is 2.54. The number of hydrogen-bond acceptors (Lipinski definition) is 3. The van der Waals surface area contributed by atoms with E-state index in [4.69, 9.17) is 4.74 Å². The fourth-order valence-electron chi connectivity index (χ4n) is 2.74. The van der Waals surface area contributed by atoms with Crippen LogP contribution in [0.1, 0.15) is 37.7 Å². The molecular formula is C17H26N2O2. The molecule has 0 radical (unpaired) electrons. The van der Waals surface area contributed by atoms with Gasteiger partial charge in [0.1, 0.15) is 5.75 Å². The number of rotatable bonds is 7. The second-order valence-electron chi connectivity index (χ2n) is 5.64. The number of carbonyl (C=O) groups excluding carboxylic acids is 1. The molecule has 0 saturated carbocycles. The van der Waals surface area contributed by atoms with E-state index >= 15 is 0 Å². The Hall–Kier alpha value is -1.55. The number of benzene rings is 1. The first-order valence-electron chi connectivity index (χ1n) is 7.91. The lowest BCUT2D eigenvalue weighted by atomic mass is 10.0. The molecule has 1 atom stereocenters. The van der Waals surface area contributed by atoms with E-state index in [9.17, 15) is 4.79 Å². The third kappa shape index (κ3) is 5.76. The largest absolute Gasteiger partial charge is 0.497 e. The normalized spacial score (nSPS) is 18.2. The fourth-order valence-corrected chi connectivity index (χ4v) is 2.74. The molecule has 1 aromatic rings. The maximum Gasteiger partial charge on any atom is 0.220 e. The highest BCUT2D eigenvalue weighted by molar-refractivity contribution is 5.75. The van der Waals surface area contributed by atoms with Gasteiger partial charge in [-0.1, -0.05) is 18.6 Å². The molecule has 1 aromatic carbocycles. The van der Waals surface area contributed by atoms with Crippen molar-refractivity contribution < 1.29 is 9.53 Å². The van der Waals surface area contributed by atoms with Crippen LogP contribution in [-0.4, -0.2) is 32.1 Å². The standard InChI is InChI=1S/C17H26N2O2/c1-21-16-7-4-5-14(13-16)10-12-19-17(20)9-8-15-6-2-3-11-18-15/h4-5,7,13,15,18H,2-3,6,8-12H2,1H3,(H,19,20). The number of ether oxygens (including phenoxy) is 1. The summed E-state index contributed by atoms with van der Waals surface area (Å²) in [6.45, 7) is 1.78. The summed E-state index contributed by atoms with van der Waals surface area (Å²) in [5, 5.41) is 6.48. The molecule has 0 spiro atoms. The molecule has 0 aliphatic carbocycles. The fraction of sp³-hybridized carbons (Fsp3) is 0.588. The number of amides is 1. The molecule has 1 heterocycles. The molecule has 1 aliphatic rings. The average molecular weight is 290 g/mol. The first kappa shape index (κ1) is 15.8. The minimum Gasteiger partial charge on any atom is -0.497 e. The number of carbonyl (C=O) groups is 1. The summed E-state index contributed by atoms with van der Waals surface area (Å²) in [6, 6.07) is 8.51. The van der Waals surface area contributed by atoms with Gasteiger partial charge in [-0.05, 0) is 49.9 Å². The summed E-state index contributed by atoms with van der Waals surface area (Å²) in [5.74, 6) is 1.02. The van der Waals surface area contributed by atoms with Crippen LogP contribution in [-0.2, 0) is 11.2 Å². The second kappa shape index (κ2) is 8.67. The van der Waals surface area contributed by atoms with Crippen molar-refractivity contribution in [2.24, 2.45) is 0 Å². The van der Waals surface area contributed by atoms with Crippen LogP contribution in [0.5, 0.6) is 5.75 Å². The zero-order valence-electron chi connectivity index (χ0n) is 12.9. The monoisotopic (exact) mass is 290 g/mol. The molecule has 1 amide bonds. The molecule has 0 aromatic heterocycles. The lowest BCUT2D eigenvalue weighted by molar-refractivity contribution is -0.121. The van der Waals surface area contributed by atoms with Crippen LogP contribution in [0.25, 0.3) is 0 Å². The lowest BCUT2D eigenvalue weighted by Crippen LogP contribution is -2.35. The van der Waals surface area contributed by atoms with Crippen molar-refractivity contribution in [1.29, 1.82) is 0 Å². The van der Waals surface area contributed by atoms with E-state index in [0.717, 1.165) is 25.1 Å². The number of methoxy groups -OCH3 is 1. The third-order valence-electron chi connectivity index (χ3n) is 4.00. The first-order valence-corrected chi connectivity index (χ1v) is 7.91. The Kier molecular flexibility index (Phi) is 6.54. The molecule has 1 aliphatic heterocycles. The van der Waals surface area contributed by atoms with E-state index in [0.29, 0.717) is 19.0 Å². The Balaban J connectivity index is 1.62. The molecule has 116 valence electrons. The van der Waals surface area contributed by atoms with Crippen LogP contribution >= 0.6 is 0 Å². The van der Waals surface area contributed by atoms with Gasteiger partial charge in [0.2, 0.25) is 5.91 Å². The Morgan fingerprint density at radius 2 is 2.33 bits per heavy atom. The summed E-state index contributed by atoms with van der Waals surface area (Å²) in [4.78, 5) is 11.8. The summed E-state index contributed by atoms with van der Waals surface area (Å²) in [7, 11) is 1.67. The van der Waals surface area contributed by atoms with Crippen LogP contribution < -0.4 is 15.4 Å². The van der Waals surface area contributed by atoms with Gasteiger partial charge in [-0.15, -0.1) is 0 Å². The van der Waals surface area contributed by atoms with E-state index < -0.39 is 0 Å². The molecule has 0 bridgehead atoms. The molecule has 1 fully saturated rings. The highest BCUT2D eigenvalue weighted by atomic mass is 16.5. The third-order valence-corrected chi connectivity index (χ3v) is 4.00. The minimum absolute atomic E-state index is 0.158. The second-order valence-corrected chi connectivity index (χ2v) is 5.64. The highest BCUT2D eigenvalue weighted by Gasteiger charge is 2.13. The van der Waals surface area contributed by atoms with Crippen LogP contribution in [0.4, 0.5) is 0 Å². The number of nitrogens with one attached hydrogen (secondary N) is 2. The van der Waals surface area contributed by atoms with Gasteiger partial charge >= 0.3 is 0 Å². The van der Waals surface area contributed by atoms with E-state index in [2.05, 4.69) is 16.7 Å². The van der Waals surface area contributed by atoms with Crippen molar-refractivity contribution in [3.63, 3.8) is 0 Å². The first-order chi connectivity index (χ1) is 10.3. The van der Waals surface area contributed by atoms with Crippen molar-refractivity contribution in [3.05, 3.63) is 29.8 Å². The van der Waals surface area contributed by atoms with Crippen molar-refractivity contribution in [2.75, 3.05) is 20.2 Å². The number of piperidine rings is 1. The lowest BCUT2D eigenvalue weighted by Gasteiger charge is -2.23. The van der Waals surface area contributed by atoms with Crippen LogP contribution in [0.3, 0.4) is 0 Å². The Morgan fingerprint density at radius 1 is 1.43 bits per heavy atom. The predicted molar refractivity (Wildman–Crippen MR) is 84.6 cm³/mol. The summed E-state index contributed by atoms with van der Waals surface area (Å²) >= 11 is 0. The van der Waals surface area contributed by atoms with Crippen LogP contribution in [0, 0.1) is 0 Å². The van der Waals surface area contributed by atoms with Crippen LogP contribution in [0.15, 0.2) is 24.3 Å².